The van der Waals surface area contributed by atoms with Crippen LogP contribution in [0.5, 0.6) is 0 Å². The lowest BCUT2D eigenvalue weighted by Gasteiger charge is -2.37. The maximum atomic E-state index is 13.0. The molecule has 1 fully saturated rings. The zero-order valence-corrected chi connectivity index (χ0v) is 13.5. The van der Waals surface area contributed by atoms with E-state index in [9.17, 15) is 14.4 Å². The molecule has 24 heavy (non-hydrogen) atoms. The minimum atomic E-state index is -0.950. The molecule has 2 aliphatic rings. The van der Waals surface area contributed by atoms with Gasteiger partial charge in [-0.3, -0.25) is 14.4 Å². The van der Waals surface area contributed by atoms with Crippen molar-refractivity contribution >= 4 is 23.5 Å². The number of nitrogens with zero attached hydrogens (tertiary/aromatic N) is 2. The quantitative estimate of drug-likeness (QED) is 0.886. The van der Waals surface area contributed by atoms with Gasteiger partial charge in [-0.2, -0.15) is 0 Å². The summed E-state index contributed by atoms with van der Waals surface area (Å²) in [5, 5.41) is 8.90. The monoisotopic (exact) mass is 332 g/mol. The van der Waals surface area contributed by atoms with E-state index in [1.54, 1.807) is 16.8 Å². The average molecular weight is 332 g/mol. The first-order valence-electron chi connectivity index (χ1n) is 7.95. The number of fused-ring (bicyclic) bond motifs is 1. The van der Waals surface area contributed by atoms with Crippen LogP contribution in [-0.2, 0) is 19.1 Å². The summed E-state index contributed by atoms with van der Waals surface area (Å²) < 4.78 is 5.41. The molecule has 2 heterocycles. The number of hydrogen-bond acceptors (Lipinski definition) is 4. The van der Waals surface area contributed by atoms with Crippen molar-refractivity contribution in [3.8, 4) is 0 Å². The summed E-state index contributed by atoms with van der Waals surface area (Å²) in [6.07, 6.45) is -0.502. The number of carbonyl (C=O) groups is 3. The number of aliphatic carboxylic acids is 1. The predicted octanol–water partition coefficient (Wildman–Crippen LogP) is 0.839. The first-order chi connectivity index (χ1) is 11.5. The van der Waals surface area contributed by atoms with Crippen molar-refractivity contribution in [2.45, 2.75) is 24.9 Å². The molecule has 0 unspecified atom stereocenters. The van der Waals surface area contributed by atoms with E-state index in [0.29, 0.717) is 13.2 Å². The van der Waals surface area contributed by atoms with E-state index in [1.807, 2.05) is 24.3 Å². The normalized spacial score (nSPS) is 23.8. The maximum absolute atomic E-state index is 13.0. The van der Waals surface area contributed by atoms with Crippen molar-refractivity contribution in [2.24, 2.45) is 0 Å². The van der Waals surface area contributed by atoms with Crippen molar-refractivity contribution in [1.82, 2.24) is 4.90 Å². The Morgan fingerprint density at radius 2 is 2.08 bits per heavy atom. The van der Waals surface area contributed by atoms with E-state index in [1.165, 1.54) is 0 Å². The molecule has 3 rings (SSSR count). The van der Waals surface area contributed by atoms with Crippen LogP contribution in [0.25, 0.3) is 0 Å². The highest BCUT2D eigenvalue weighted by Gasteiger charge is 2.37. The Morgan fingerprint density at radius 1 is 1.33 bits per heavy atom. The number of benzene rings is 1. The third kappa shape index (κ3) is 3.12. The lowest BCUT2D eigenvalue weighted by molar-refractivity contribution is -0.148. The van der Waals surface area contributed by atoms with Gasteiger partial charge in [0.2, 0.25) is 11.8 Å². The molecule has 0 saturated carbocycles. The second-order valence-corrected chi connectivity index (χ2v) is 6.14. The zero-order chi connectivity index (χ0) is 17.3. The third-order valence-electron chi connectivity index (χ3n) is 4.58. The van der Waals surface area contributed by atoms with Gasteiger partial charge in [-0.05, 0) is 11.6 Å². The summed E-state index contributed by atoms with van der Waals surface area (Å²) in [4.78, 5) is 39.2. The van der Waals surface area contributed by atoms with E-state index in [2.05, 4.69) is 0 Å². The van der Waals surface area contributed by atoms with E-state index in [0.717, 1.165) is 11.3 Å². The molecule has 0 aromatic heterocycles. The molecule has 0 aliphatic carbocycles. The standard InChI is InChI=1S/C17H20N2O5/c1-18-14-5-3-2-4-12(14)13(9-15(18)20)17(23)19-6-7-24-11(10-19)8-16(21)22/h2-5,11,13H,6-10H2,1H3,(H,21,22)/t11-,13-/m0/s1. The number of anilines is 1. The van der Waals surface area contributed by atoms with Crippen molar-refractivity contribution in [1.29, 1.82) is 0 Å². The molecule has 2 atom stereocenters. The van der Waals surface area contributed by atoms with Gasteiger partial charge in [-0.1, -0.05) is 18.2 Å². The van der Waals surface area contributed by atoms with Crippen LogP contribution in [-0.4, -0.2) is 60.6 Å². The van der Waals surface area contributed by atoms with Gasteiger partial charge in [-0.25, -0.2) is 0 Å². The van der Waals surface area contributed by atoms with Gasteiger partial charge in [0.05, 0.1) is 25.0 Å². The summed E-state index contributed by atoms with van der Waals surface area (Å²) in [5.74, 6) is -1.70. The summed E-state index contributed by atoms with van der Waals surface area (Å²) in [6, 6.07) is 7.40. The molecule has 0 radical (unpaired) electrons. The highest BCUT2D eigenvalue weighted by molar-refractivity contribution is 6.02. The molecule has 2 aliphatic heterocycles. The molecule has 1 aromatic rings. The first-order valence-corrected chi connectivity index (χ1v) is 7.95. The molecule has 0 spiro atoms. The van der Waals surface area contributed by atoms with Gasteiger partial charge in [0.25, 0.3) is 0 Å². The van der Waals surface area contributed by atoms with Crippen LogP contribution in [0.15, 0.2) is 24.3 Å². The Labute approximate surface area is 139 Å². The van der Waals surface area contributed by atoms with Crippen molar-refractivity contribution in [3.63, 3.8) is 0 Å². The highest BCUT2D eigenvalue weighted by atomic mass is 16.5. The SMILES string of the molecule is CN1C(=O)C[C@H](C(=O)N2CCO[C@@H](CC(=O)O)C2)c2ccccc21. The smallest absolute Gasteiger partial charge is 0.306 e. The molecule has 1 N–H and O–H groups in total. The second kappa shape index (κ2) is 6.60. The van der Waals surface area contributed by atoms with Crippen LogP contribution >= 0.6 is 0 Å². The summed E-state index contributed by atoms with van der Waals surface area (Å²) in [7, 11) is 1.71. The predicted molar refractivity (Wildman–Crippen MR) is 85.8 cm³/mol. The van der Waals surface area contributed by atoms with Crippen molar-refractivity contribution in [3.05, 3.63) is 29.8 Å². The van der Waals surface area contributed by atoms with Gasteiger partial charge < -0.3 is 19.6 Å². The fourth-order valence-corrected chi connectivity index (χ4v) is 3.32. The topological polar surface area (TPSA) is 87.2 Å². The lowest BCUT2D eigenvalue weighted by atomic mass is 9.88. The summed E-state index contributed by atoms with van der Waals surface area (Å²) in [5.41, 5.74) is 1.59. The zero-order valence-electron chi connectivity index (χ0n) is 13.5. The molecule has 7 heteroatoms. The Morgan fingerprint density at radius 3 is 2.83 bits per heavy atom. The van der Waals surface area contributed by atoms with Gasteiger partial charge in [-0.15, -0.1) is 0 Å². The summed E-state index contributed by atoms with van der Waals surface area (Å²) >= 11 is 0. The largest absolute Gasteiger partial charge is 0.481 e. The van der Waals surface area contributed by atoms with Gasteiger partial charge in [0.15, 0.2) is 0 Å². The number of carbonyl (C=O) groups excluding carboxylic acids is 2. The molecule has 2 amide bonds. The third-order valence-corrected chi connectivity index (χ3v) is 4.58. The number of ether oxygens (including phenoxy) is 1. The number of rotatable bonds is 3. The second-order valence-electron chi connectivity index (χ2n) is 6.14. The minimum absolute atomic E-state index is 0.0950. The van der Waals surface area contributed by atoms with Crippen LogP contribution < -0.4 is 4.90 Å². The molecule has 128 valence electrons. The maximum Gasteiger partial charge on any atom is 0.306 e. The number of amides is 2. The van der Waals surface area contributed by atoms with Crippen LogP contribution in [0.2, 0.25) is 0 Å². The highest BCUT2D eigenvalue weighted by Crippen LogP contribution is 2.36. The van der Waals surface area contributed by atoms with Crippen LogP contribution in [0.4, 0.5) is 5.69 Å². The number of carboxylic acid groups (broad SMARTS) is 1. The minimum Gasteiger partial charge on any atom is -0.481 e. The Balaban J connectivity index is 1.81. The molecule has 1 saturated heterocycles. The van der Waals surface area contributed by atoms with E-state index < -0.39 is 18.0 Å². The Kier molecular flexibility index (Phi) is 4.53. The van der Waals surface area contributed by atoms with E-state index in [4.69, 9.17) is 9.84 Å². The van der Waals surface area contributed by atoms with Crippen LogP contribution in [0, 0.1) is 0 Å². The van der Waals surface area contributed by atoms with E-state index >= 15 is 0 Å². The molecular weight excluding hydrogens is 312 g/mol. The van der Waals surface area contributed by atoms with Gasteiger partial charge >= 0.3 is 5.97 Å². The van der Waals surface area contributed by atoms with E-state index in [-0.39, 0.29) is 31.2 Å². The number of para-hydroxylation sites is 1. The van der Waals surface area contributed by atoms with Crippen LogP contribution in [0.1, 0.15) is 24.3 Å². The number of hydrogen-bond donors (Lipinski definition) is 1. The van der Waals surface area contributed by atoms with Crippen LogP contribution in [0.3, 0.4) is 0 Å². The number of morpholine rings is 1. The van der Waals surface area contributed by atoms with Gasteiger partial charge in [0, 0.05) is 32.2 Å². The molecular formula is C17H20N2O5. The lowest BCUT2D eigenvalue weighted by Crippen LogP contribution is -2.49. The number of carboxylic acids is 1. The van der Waals surface area contributed by atoms with Gasteiger partial charge in [0.1, 0.15) is 0 Å². The Hall–Kier alpha value is -2.41. The first kappa shape index (κ1) is 16.4. The molecule has 1 aromatic carbocycles. The fraction of sp³-hybridized carbons (Fsp3) is 0.471. The molecule has 7 nitrogen and oxygen atoms in total. The Bertz CT molecular complexity index is 675. The summed E-state index contributed by atoms with van der Waals surface area (Å²) in [6.45, 7) is 0.970. The van der Waals surface area contributed by atoms with Crippen molar-refractivity contribution in [2.75, 3.05) is 31.6 Å². The van der Waals surface area contributed by atoms with Crippen molar-refractivity contribution < 1.29 is 24.2 Å². The molecule has 0 bridgehead atoms. The average Bonchev–Trinajstić information content (AvgIpc) is 2.57. The fourth-order valence-electron chi connectivity index (χ4n) is 3.32.